The monoisotopic (exact) mass is 747 g/mol. The van der Waals surface area contributed by atoms with E-state index in [2.05, 4.69) is 20.8 Å². The summed E-state index contributed by atoms with van der Waals surface area (Å²) in [5.74, 6) is -2.01. The second-order valence-electron chi connectivity index (χ2n) is 11.9. The number of hydrogen-bond acceptors (Lipinski definition) is 9. The minimum absolute atomic E-state index is 0.00142. The Labute approximate surface area is 300 Å². The van der Waals surface area contributed by atoms with Crippen molar-refractivity contribution in [3.63, 3.8) is 0 Å². The summed E-state index contributed by atoms with van der Waals surface area (Å²) in [6.45, 7) is 1.13. The van der Waals surface area contributed by atoms with Gasteiger partial charge in [0.05, 0.1) is 35.6 Å². The second kappa shape index (κ2) is 16.2. The van der Waals surface area contributed by atoms with Crippen LogP contribution in [0.1, 0.15) is 41.0 Å². The van der Waals surface area contributed by atoms with Gasteiger partial charge in [-0.3, -0.25) is 4.79 Å². The Morgan fingerprint density at radius 2 is 1.71 bits per heavy atom. The average molecular weight is 748 g/mol. The second-order valence-corrected chi connectivity index (χ2v) is 12.3. The number of nitrogens with one attached hydrogen (secondary N) is 2. The van der Waals surface area contributed by atoms with Crippen molar-refractivity contribution in [2.45, 2.75) is 37.8 Å². The van der Waals surface area contributed by atoms with Crippen molar-refractivity contribution in [2.24, 2.45) is 10.9 Å². The van der Waals surface area contributed by atoms with Gasteiger partial charge < -0.3 is 40.9 Å². The highest BCUT2D eigenvalue weighted by Gasteiger charge is 2.56. The molecule has 0 radical (unpaired) electrons. The van der Waals surface area contributed by atoms with E-state index in [4.69, 9.17) is 36.8 Å². The van der Waals surface area contributed by atoms with Crippen molar-refractivity contribution < 1.29 is 51.7 Å². The molecule has 0 aliphatic rings. The molecule has 0 fully saturated rings. The molecule has 0 saturated heterocycles. The number of carbonyl (C=O) groups excluding carboxylic acids is 2. The Morgan fingerprint density at radius 3 is 2.35 bits per heavy atom. The molecule has 1 aromatic heterocycles. The highest BCUT2D eigenvalue weighted by molar-refractivity contribution is 6.31. The third-order valence-electron chi connectivity index (χ3n) is 7.72. The fourth-order valence-electron chi connectivity index (χ4n) is 4.75. The Morgan fingerprint density at radius 1 is 1.00 bits per heavy atom. The molecule has 2 amide bonds. The third-order valence-corrected chi connectivity index (χ3v) is 8.01. The zero-order chi connectivity index (χ0) is 38.3. The number of amides is 2. The van der Waals surface area contributed by atoms with E-state index in [9.17, 15) is 32.3 Å². The van der Waals surface area contributed by atoms with Crippen LogP contribution in [0.2, 0.25) is 5.02 Å². The maximum atomic E-state index is 14.9. The van der Waals surface area contributed by atoms with E-state index in [1.54, 1.807) is 30.3 Å². The molecule has 1 unspecified atom stereocenters. The number of alkyl halides is 3. The van der Waals surface area contributed by atoms with Crippen molar-refractivity contribution in [2.75, 3.05) is 20.3 Å². The number of oxime groups is 1. The van der Waals surface area contributed by atoms with Crippen LogP contribution in [-0.4, -0.2) is 59.6 Å². The standard InChI is InChI=1S/C35H34ClF4N5O7/c1-33(2,44-32(47)52-17-20-7-5-4-6-8-20)23-15-26(21-9-11-25(37)24(36)13-21)43-29(16-23)34(48,35(38,39)40)19-42-31(46)22-10-12-27(28(14-22)50-3)51-18-30(41)45-49/h4-16,48-49H,17-19H2,1-3H3,(H2,41,45)(H,42,46)(H,44,47). The fourth-order valence-corrected chi connectivity index (χ4v) is 4.93. The van der Waals surface area contributed by atoms with Crippen LogP contribution < -0.4 is 25.8 Å². The molecular formula is C35H34ClF4N5O7. The van der Waals surface area contributed by atoms with Crippen molar-refractivity contribution in [1.82, 2.24) is 15.6 Å². The lowest BCUT2D eigenvalue weighted by Gasteiger charge is -2.33. The number of rotatable bonds is 13. The first kappa shape index (κ1) is 39.2. The minimum atomic E-state index is -5.42. The third kappa shape index (κ3) is 9.38. The van der Waals surface area contributed by atoms with Gasteiger partial charge in [-0.2, -0.15) is 13.2 Å². The first-order valence-corrected chi connectivity index (χ1v) is 15.7. The molecule has 0 bridgehead atoms. The van der Waals surface area contributed by atoms with E-state index in [-0.39, 0.29) is 58.0 Å². The SMILES string of the molecule is COc1cc(C(=O)NCC(O)(c2cc(C(C)(C)NC(=O)OCc3ccccc3)cc(-c3ccc(F)c(Cl)c3)n2)C(F)(F)F)ccc1OC/C(N)=N/O. The Hall–Kier alpha value is -5.61. The number of pyridine rings is 1. The average Bonchev–Trinajstić information content (AvgIpc) is 3.12. The van der Waals surface area contributed by atoms with Gasteiger partial charge in [0.1, 0.15) is 19.0 Å². The van der Waals surface area contributed by atoms with Crippen molar-refractivity contribution in [3.8, 4) is 22.8 Å². The fraction of sp³-hybridized carbons (Fsp3) is 0.257. The number of nitrogens with zero attached hydrogens (tertiary/aromatic N) is 2. The topological polar surface area (TPSA) is 178 Å². The molecule has 3 aromatic carbocycles. The summed E-state index contributed by atoms with van der Waals surface area (Å²) < 4.78 is 74.5. The van der Waals surface area contributed by atoms with Gasteiger partial charge in [-0.05, 0) is 73.5 Å². The maximum Gasteiger partial charge on any atom is 0.424 e. The van der Waals surface area contributed by atoms with Crippen LogP contribution in [0.5, 0.6) is 11.5 Å². The first-order valence-electron chi connectivity index (χ1n) is 15.3. The molecule has 1 atom stereocenters. The number of carbonyl (C=O) groups is 2. The van der Waals surface area contributed by atoms with Crippen LogP contribution in [0.25, 0.3) is 11.3 Å². The highest BCUT2D eigenvalue weighted by Crippen LogP contribution is 2.40. The van der Waals surface area contributed by atoms with Crippen molar-refractivity contribution in [1.29, 1.82) is 0 Å². The normalized spacial score (nSPS) is 13.1. The Bertz CT molecular complexity index is 1950. The van der Waals surface area contributed by atoms with E-state index in [0.29, 0.717) is 5.56 Å². The van der Waals surface area contributed by atoms with Gasteiger partial charge in [-0.1, -0.05) is 47.1 Å². The summed E-state index contributed by atoms with van der Waals surface area (Å²) >= 11 is 5.97. The molecule has 4 aromatic rings. The Kier molecular flexibility index (Phi) is 12.2. The number of amidine groups is 1. The number of aromatic nitrogens is 1. The molecule has 6 N–H and O–H groups in total. The molecule has 0 aliphatic heterocycles. The molecule has 0 spiro atoms. The molecule has 0 aliphatic carbocycles. The number of hydrogen-bond donors (Lipinski definition) is 5. The van der Waals surface area contributed by atoms with Gasteiger partial charge in [0.2, 0.25) is 5.60 Å². The number of aliphatic hydroxyl groups is 1. The van der Waals surface area contributed by atoms with E-state index in [1.165, 1.54) is 51.3 Å². The lowest BCUT2D eigenvalue weighted by Crippen LogP contribution is -2.52. The number of ether oxygens (including phenoxy) is 3. The molecule has 1 heterocycles. The maximum absolute atomic E-state index is 14.9. The Balaban J connectivity index is 1.69. The van der Waals surface area contributed by atoms with Gasteiger partial charge in [0, 0.05) is 11.1 Å². The van der Waals surface area contributed by atoms with Gasteiger partial charge in [-0.15, -0.1) is 0 Å². The quantitative estimate of drug-likeness (QED) is 0.0360. The van der Waals surface area contributed by atoms with Gasteiger partial charge >= 0.3 is 12.3 Å². The lowest BCUT2D eigenvalue weighted by molar-refractivity contribution is -0.265. The summed E-state index contributed by atoms with van der Waals surface area (Å²) in [6.07, 6.45) is -6.31. The van der Waals surface area contributed by atoms with Crippen LogP contribution in [0, 0.1) is 5.82 Å². The zero-order valence-electron chi connectivity index (χ0n) is 27.9. The minimum Gasteiger partial charge on any atom is -0.493 e. The molecular weight excluding hydrogens is 714 g/mol. The number of nitrogens with two attached hydrogens (primary N) is 1. The predicted molar refractivity (Wildman–Crippen MR) is 182 cm³/mol. The van der Waals surface area contributed by atoms with Gasteiger partial charge in [0.15, 0.2) is 17.3 Å². The largest absolute Gasteiger partial charge is 0.493 e. The number of halogens is 5. The van der Waals surface area contributed by atoms with Crippen LogP contribution in [0.4, 0.5) is 22.4 Å². The van der Waals surface area contributed by atoms with Crippen LogP contribution in [0.3, 0.4) is 0 Å². The van der Waals surface area contributed by atoms with Crippen LogP contribution >= 0.6 is 11.6 Å². The van der Waals surface area contributed by atoms with Crippen LogP contribution in [-0.2, 0) is 22.5 Å². The van der Waals surface area contributed by atoms with E-state index in [0.717, 1.165) is 18.2 Å². The predicted octanol–water partition coefficient (Wildman–Crippen LogP) is 6.02. The van der Waals surface area contributed by atoms with Gasteiger partial charge in [-0.25, -0.2) is 14.2 Å². The van der Waals surface area contributed by atoms with Crippen LogP contribution in [0.15, 0.2) is 84.0 Å². The van der Waals surface area contributed by atoms with Crippen molar-refractivity contribution in [3.05, 3.63) is 112 Å². The molecule has 17 heteroatoms. The zero-order valence-corrected chi connectivity index (χ0v) is 28.7. The van der Waals surface area contributed by atoms with Crippen molar-refractivity contribution >= 4 is 29.4 Å². The smallest absolute Gasteiger partial charge is 0.424 e. The summed E-state index contributed by atoms with van der Waals surface area (Å²) in [4.78, 5) is 30.0. The summed E-state index contributed by atoms with van der Waals surface area (Å²) in [7, 11) is 1.25. The molecule has 276 valence electrons. The number of alkyl carbamates (subject to hydrolysis) is 1. The molecule has 12 nitrogen and oxygen atoms in total. The highest BCUT2D eigenvalue weighted by atomic mass is 35.5. The van der Waals surface area contributed by atoms with E-state index in [1.807, 2.05) is 0 Å². The van der Waals surface area contributed by atoms with E-state index < -0.39 is 47.4 Å². The summed E-state index contributed by atoms with van der Waals surface area (Å²) in [5, 5.41) is 27.2. The molecule has 52 heavy (non-hydrogen) atoms. The number of benzene rings is 3. The van der Waals surface area contributed by atoms with E-state index >= 15 is 0 Å². The summed E-state index contributed by atoms with van der Waals surface area (Å²) in [6, 6.07) is 18.1. The molecule has 0 saturated carbocycles. The summed E-state index contributed by atoms with van der Waals surface area (Å²) in [5.41, 5.74) is -0.304. The van der Waals surface area contributed by atoms with Gasteiger partial charge in [0.25, 0.3) is 5.91 Å². The first-order chi connectivity index (χ1) is 24.5. The number of methoxy groups -OCH3 is 1. The lowest BCUT2D eigenvalue weighted by atomic mass is 9.88. The molecule has 4 rings (SSSR count).